The Labute approximate surface area is 104 Å². The van der Waals surface area contributed by atoms with Gasteiger partial charge in [-0.25, -0.2) is 0 Å². The average Bonchev–Trinajstić information content (AvgIpc) is 3.11. The highest BCUT2D eigenvalue weighted by Crippen LogP contribution is 2.35. The molecule has 0 bridgehead atoms. The lowest BCUT2D eigenvalue weighted by Gasteiger charge is -2.13. The number of nitrogens with zero attached hydrogens (tertiary/aromatic N) is 3. The molecule has 0 aliphatic heterocycles. The number of hydrogen-bond donors (Lipinski definition) is 0. The fourth-order valence-corrected chi connectivity index (χ4v) is 1.45. The quantitative estimate of drug-likeness (QED) is 0.593. The first-order chi connectivity index (χ1) is 8.50. The van der Waals surface area contributed by atoms with Crippen molar-refractivity contribution in [2.24, 2.45) is 0 Å². The molecular weight excluding hydrogens is 238 g/mol. The molecule has 0 unspecified atom stereocenters. The summed E-state index contributed by atoms with van der Waals surface area (Å²) in [6, 6.07) is 1.44. The molecular formula is C11H13N3O4. The van der Waals surface area contributed by atoms with Gasteiger partial charge in [-0.05, 0) is 28.8 Å². The summed E-state index contributed by atoms with van der Waals surface area (Å²) >= 11 is 0. The third kappa shape index (κ3) is 2.39. The number of ether oxygens (including phenoxy) is 1. The smallest absolute Gasteiger partial charge is 0.407 e. The Morgan fingerprint density at radius 2 is 2.22 bits per heavy atom. The summed E-state index contributed by atoms with van der Waals surface area (Å²) in [5, 5.41) is 10.9. The molecule has 1 fully saturated rings. The van der Waals surface area contributed by atoms with Gasteiger partial charge in [0.1, 0.15) is 6.20 Å². The monoisotopic (exact) mass is 251 g/mol. The maximum Gasteiger partial charge on any atom is 0.407 e. The van der Waals surface area contributed by atoms with E-state index in [1.54, 1.807) is 14.1 Å². The molecule has 7 nitrogen and oxygen atoms in total. The van der Waals surface area contributed by atoms with Crippen molar-refractivity contribution in [1.82, 2.24) is 9.88 Å². The fourth-order valence-electron chi connectivity index (χ4n) is 1.45. The van der Waals surface area contributed by atoms with Gasteiger partial charge in [-0.3, -0.25) is 4.79 Å². The van der Waals surface area contributed by atoms with E-state index in [2.05, 4.69) is 4.98 Å². The van der Waals surface area contributed by atoms with E-state index in [0.717, 1.165) is 12.8 Å². The molecule has 0 saturated heterocycles. The zero-order valence-electron chi connectivity index (χ0n) is 10.1. The van der Waals surface area contributed by atoms with Crippen LogP contribution in [-0.4, -0.2) is 40.9 Å². The van der Waals surface area contributed by atoms with Crippen molar-refractivity contribution in [3.05, 3.63) is 27.9 Å². The minimum absolute atomic E-state index is 0.0244. The van der Waals surface area contributed by atoms with Crippen LogP contribution in [0.5, 0.6) is 5.75 Å². The summed E-state index contributed by atoms with van der Waals surface area (Å²) in [6.45, 7) is 0. The molecule has 1 aromatic heterocycles. The van der Waals surface area contributed by atoms with E-state index < -0.39 is 10.7 Å². The Bertz CT molecular complexity index is 497. The Morgan fingerprint density at radius 3 is 2.72 bits per heavy atom. The summed E-state index contributed by atoms with van der Waals surface area (Å²) in [7, 11) is 3.16. The number of carbonyl (C=O) groups is 1. The van der Waals surface area contributed by atoms with Crippen LogP contribution in [0.2, 0.25) is 0 Å². The normalized spacial score (nSPS) is 14.1. The van der Waals surface area contributed by atoms with Crippen LogP contribution in [-0.2, 0) is 0 Å². The fraction of sp³-hybridized carbons (Fsp3) is 0.455. The van der Waals surface area contributed by atoms with Crippen molar-refractivity contribution in [2.75, 3.05) is 14.1 Å². The molecule has 1 heterocycles. The molecule has 96 valence electrons. The van der Waals surface area contributed by atoms with Gasteiger partial charge in [0.25, 0.3) is 5.91 Å². The van der Waals surface area contributed by atoms with Crippen molar-refractivity contribution in [3.63, 3.8) is 0 Å². The van der Waals surface area contributed by atoms with Crippen LogP contribution in [0.15, 0.2) is 12.3 Å². The van der Waals surface area contributed by atoms with Gasteiger partial charge in [0, 0.05) is 14.1 Å². The average molecular weight is 251 g/mol. The van der Waals surface area contributed by atoms with E-state index in [0.29, 0.717) is 0 Å². The Morgan fingerprint density at radius 1 is 1.56 bits per heavy atom. The number of pyridine rings is 1. The first-order valence-electron chi connectivity index (χ1n) is 5.52. The third-order valence-electron chi connectivity index (χ3n) is 2.50. The number of aromatic nitrogens is 1. The number of hydrogen-bond acceptors (Lipinski definition) is 5. The molecule has 1 aliphatic rings. The topological polar surface area (TPSA) is 85.6 Å². The van der Waals surface area contributed by atoms with Crippen LogP contribution in [0.3, 0.4) is 0 Å². The summed E-state index contributed by atoms with van der Waals surface area (Å²) in [5.74, 6) is -0.769. The first kappa shape index (κ1) is 12.3. The standard InChI is InChI=1S/C11H13N3O4/c1-13(2)11(15)8-5-6-12-10(14(16)17)9(8)18-7-3-4-7/h5-7H,3-4H2,1-2H3. The van der Waals surface area contributed by atoms with Crippen LogP contribution in [0, 0.1) is 10.1 Å². The molecule has 0 atom stereocenters. The molecule has 1 aromatic rings. The second kappa shape index (κ2) is 4.59. The van der Waals surface area contributed by atoms with Crippen LogP contribution in [0.1, 0.15) is 23.2 Å². The van der Waals surface area contributed by atoms with Crippen LogP contribution >= 0.6 is 0 Å². The number of rotatable bonds is 4. The van der Waals surface area contributed by atoms with Gasteiger partial charge in [-0.1, -0.05) is 0 Å². The molecule has 1 saturated carbocycles. The van der Waals surface area contributed by atoms with E-state index in [1.807, 2.05) is 0 Å². The van der Waals surface area contributed by atoms with Gasteiger partial charge >= 0.3 is 5.82 Å². The maximum atomic E-state index is 11.9. The highest BCUT2D eigenvalue weighted by atomic mass is 16.6. The Kier molecular flexibility index (Phi) is 3.14. The van der Waals surface area contributed by atoms with Crippen molar-refractivity contribution in [1.29, 1.82) is 0 Å². The van der Waals surface area contributed by atoms with Gasteiger partial charge in [0.2, 0.25) is 5.75 Å². The number of amides is 1. The summed E-state index contributed by atoms with van der Waals surface area (Å²) in [5.41, 5.74) is 0.175. The molecule has 1 aliphatic carbocycles. The van der Waals surface area contributed by atoms with Crippen LogP contribution in [0.4, 0.5) is 5.82 Å². The lowest BCUT2D eigenvalue weighted by Crippen LogP contribution is -2.23. The molecule has 0 radical (unpaired) electrons. The van der Waals surface area contributed by atoms with E-state index in [9.17, 15) is 14.9 Å². The Hall–Kier alpha value is -2.18. The Balaban J connectivity index is 2.46. The summed E-state index contributed by atoms with van der Waals surface area (Å²) in [4.78, 5) is 27.2. The second-order valence-electron chi connectivity index (χ2n) is 4.29. The van der Waals surface area contributed by atoms with Crippen molar-refractivity contribution in [2.45, 2.75) is 18.9 Å². The molecule has 0 aromatic carbocycles. The van der Waals surface area contributed by atoms with Crippen molar-refractivity contribution >= 4 is 11.7 Å². The lowest BCUT2D eigenvalue weighted by atomic mass is 10.2. The van der Waals surface area contributed by atoms with Gasteiger partial charge in [-0.2, -0.15) is 0 Å². The first-order valence-corrected chi connectivity index (χ1v) is 5.52. The van der Waals surface area contributed by atoms with Crippen LogP contribution < -0.4 is 4.74 Å². The molecule has 7 heteroatoms. The summed E-state index contributed by atoms with van der Waals surface area (Å²) in [6.07, 6.45) is 2.90. The number of nitro groups is 1. The summed E-state index contributed by atoms with van der Waals surface area (Å²) < 4.78 is 5.47. The zero-order valence-corrected chi connectivity index (χ0v) is 10.1. The van der Waals surface area contributed by atoms with Crippen LogP contribution in [0.25, 0.3) is 0 Å². The minimum atomic E-state index is -0.635. The highest BCUT2D eigenvalue weighted by Gasteiger charge is 2.32. The SMILES string of the molecule is CN(C)C(=O)c1ccnc([N+](=O)[O-])c1OC1CC1. The van der Waals surface area contributed by atoms with Gasteiger partial charge in [0.05, 0.1) is 11.7 Å². The minimum Gasteiger partial charge on any atom is -0.482 e. The van der Waals surface area contributed by atoms with E-state index >= 15 is 0 Å². The predicted molar refractivity (Wildman–Crippen MR) is 62.6 cm³/mol. The highest BCUT2D eigenvalue weighted by molar-refractivity contribution is 5.97. The molecule has 1 amide bonds. The molecule has 0 spiro atoms. The number of carbonyl (C=O) groups excluding carboxylic acids is 1. The van der Waals surface area contributed by atoms with Crippen molar-refractivity contribution < 1.29 is 14.5 Å². The van der Waals surface area contributed by atoms with Gasteiger partial charge in [-0.15, -0.1) is 0 Å². The van der Waals surface area contributed by atoms with E-state index in [-0.39, 0.29) is 23.3 Å². The molecule has 0 N–H and O–H groups in total. The second-order valence-corrected chi connectivity index (χ2v) is 4.29. The van der Waals surface area contributed by atoms with E-state index in [1.165, 1.54) is 17.2 Å². The largest absolute Gasteiger partial charge is 0.482 e. The third-order valence-corrected chi connectivity index (χ3v) is 2.50. The zero-order chi connectivity index (χ0) is 13.3. The lowest BCUT2D eigenvalue weighted by molar-refractivity contribution is -0.390. The predicted octanol–water partition coefficient (Wildman–Crippen LogP) is 1.23. The van der Waals surface area contributed by atoms with Crippen molar-refractivity contribution in [3.8, 4) is 5.75 Å². The molecule has 18 heavy (non-hydrogen) atoms. The van der Waals surface area contributed by atoms with Gasteiger partial charge < -0.3 is 19.8 Å². The molecule has 2 rings (SSSR count). The van der Waals surface area contributed by atoms with Gasteiger partial charge in [0.15, 0.2) is 0 Å². The van der Waals surface area contributed by atoms with E-state index in [4.69, 9.17) is 4.74 Å². The maximum absolute atomic E-state index is 11.9.